The van der Waals surface area contributed by atoms with E-state index in [-0.39, 0.29) is 11.4 Å². The number of pyridine rings is 1. The SMILES string of the molecule is CCc1cc(NCC#[N+]S(=O)(=O)c2ccc(C)cc2)c(C=O)c(CC)n1. The minimum absolute atomic E-state index is 0.0578. The van der Waals surface area contributed by atoms with Crippen LogP contribution in [-0.4, -0.2) is 26.2 Å². The van der Waals surface area contributed by atoms with Gasteiger partial charge in [-0.15, -0.1) is 8.42 Å². The molecule has 2 aromatic rings. The first-order valence-corrected chi connectivity index (χ1v) is 9.83. The number of benzene rings is 1. The van der Waals surface area contributed by atoms with Gasteiger partial charge in [0, 0.05) is 11.4 Å². The number of nitrogens with zero attached hydrogens (tertiary/aromatic N) is 2. The molecule has 1 heterocycles. The molecule has 1 aromatic carbocycles. The van der Waals surface area contributed by atoms with E-state index in [1.807, 2.05) is 20.8 Å². The molecule has 0 unspecified atom stereocenters. The normalized spacial score (nSPS) is 10.7. The lowest BCUT2D eigenvalue weighted by molar-refractivity contribution is 0.112. The summed E-state index contributed by atoms with van der Waals surface area (Å²) in [7, 11) is -3.78. The van der Waals surface area contributed by atoms with E-state index in [0.717, 1.165) is 24.0 Å². The number of hydrogen-bond acceptors (Lipinski definition) is 5. The van der Waals surface area contributed by atoms with Crippen LogP contribution in [0, 0.1) is 13.0 Å². The van der Waals surface area contributed by atoms with Gasteiger partial charge in [-0.1, -0.05) is 31.5 Å². The number of rotatable bonds is 6. The zero-order chi connectivity index (χ0) is 19.2. The monoisotopic (exact) mass is 372 g/mol. The maximum Gasteiger partial charge on any atom is 0.510 e. The fourth-order valence-electron chi connectivity index (χ4n) is 2.41. The van der Waals surface area contributed by atoms with E-state index in [0.29, 0.717) is 23.4 Å². The van der Waals surface area contributed by atoms with Crippen molar-refractivity contribution in [1.29, 1.82) is 0 Å². The van der Waals surface area contributed by atoms with Crippen molar-refractivity contribution in [2.75, 3.05) is 11.9 Å². The van der Waals surface area contributed by atoms with Gasteiger partial charge < -0.3 is 5.32 Å². The first-order valence-electron chi connectivity index (χ1n) is 8.39. The summed E-state index contributed by atoms with van der Waals surface area (Å²) in [5.41, 5.74) is 3.63. The minimum Gasteiger partial charge on any atom is -0.368 e. The van der Waals surface area contributed by atoms with Crippen LogP contribution in [0.4, 0.5) is 5.69 Å². The number of aryl methyl sites for hydroxylation is 3. The summed E-state index contributed by atoms with van der Waals surface area (Å²) in [5, 5.41) is 3.01. The minimum atomic E-state index is -3.78. The van der Waals surface area contributed by atoms with E-state index in [1.54, 1.807) is 18.2 Å². The van der Waals surface area contributed by atoms with Crippen LogP contribution in [0.25, 0.3) is 4.25 Å². The standard InChI is InChI=1S/C19H21N3O3S/c1-4-15-12-19(17(13-23)18(5-2)22-15)20-10-11-21-26(24,25)16-8-6-14(3)7-9-16/h6-9,12-13H,4-5,10H2,1-3H3/p+1. The van der Waals surface area contributed by atoms with Crippen LogP contribution in [0.2, 0.25) is 0 Å². The van der Waals surface area contributed by atoms with E-state index >= 15 is 0 Å². The Kier molecular flexibility index (Phi) is 6.47. The molecule has 0 aliphatic heterocycles. The van der Waals surface area contributed by atoms with Crippen molar-refractivity contribution in [3.8, 4) is 6.07 Å². The fourth-order valence-corrected chi connectivity index (χ4v) is 3.23. The average molecular weight is 372 g/mol. The van der Waals surface area contributed by atoms with Crippen LogP contribution in [-0.2, 0) is 22.9 Å². The summed E-state index contributed by atoms with van der Waals surface area (Å²) < 4.78 is 27.9. The molecule has 0 radical (unpaired) electrons. The highest BCUT2D eigenvalue weighted by Gasteiger charge is 2.23. The molecule has 6 nitrogen and oxygen atoms in total. The summed E-state index contributed by atoms with van der Waals surface area (Å²) in [4.78, 5) is 16.0. The third-order valence-corrected chi connectivity index (χ3v) is 5.10. The zero-order valence-corrected chi connectivity index (χ0v) is 15.9. The Morgan fingerprint density at radius 2 is 1.88 bits per heavy atom. The number of aromatic nitrogens is 1. The molecule has 0 aliphatic carbocycles. The molecular formula is C19H22N3O3S+. The van der Waals surface area contributed by atoms with Gasteiger partial charge in [0.05, 0.1) is 15.5 Å². The predicted octanol–water partition coefficient (Wildman–Crippen LogP) is 3.46. The van der Waals surface area contributed by atoms with Crippen LogP contribution >= 0.6 is 0 Å². The summed E-state index contributed by atoms with van der Waals surface area (Å²) in [6.07, 6.45) is 2.13. The molecule has 0 amide bonds. The van der Waals surface area contributed by atoms with Crippen LogP contribution < -0.4 is 5.32 Å². The first-order chi connectivity index (χ1) is 12.4. The number of hydrogen-bond donors (Lipinski definition) is 1. The van der Waals surface area contributed by atoms with Gasteiger partial charge in [0.25, 0.3) is 0 Å². The average Bonchev–Trinajstić information content (AvgIpc) is 2.64. The Morgan fingerprint density at radius 1 is 1.19 bits per heavy atom. The number of aldehydes is 1. The highest BCUT2D eigenvalue weighted by atomic mass is 32.2. The maximum atomic E-state index is 12.2. The summed E-state index contributed by atoms with van der Waals surface area (Å²) in [5.74, 6) is 0. The molecule has 2 rings (SSSR count). The lowest BCUT2D eigenvalue weighted by Crippen LogP contribution is -2.08. The second-order valence-electron chi connectivity index (χ2n) is 5.74. The van der Waals surface area contributed by atoms with Gasteiger partial charge in [0.15, 0.2) is 17.7 Å². The molecule has 0 aliphatic rings. The Bertz CT molecular complexity index is 956. The van der Waals surface area contributed by atoms with Gasteiger partial charge in [0.2, 0.25) is 0 Å². The molecule has 0 atom stereocenters. The van der Waals surface area contributed by atoms with E-state index in [4.69, 9.17) is 0 Å². The number of nitrogens with one attached hydrogen (secondary N) is 1. The van der Waals surface area contributed by atoms with Gasteiger partial charge in [-0.2, -0.15) is 0 Å². The molecule has 7 heteroatoms. The van der Waals surface area contributed by atoms with Crippen molar-refractivity contribution in [2.45, 2.75) is 38.5 Å². The molecule has 0 saturated carbocycles. The van der Waals surface area contributed by atoms with Gasteiger partial charge in [-0.25, -0.2) is 0 Å². The lowest BCUT2D eigenvalue weighted by atomic mass is 10.1. The Hall–Kier alpha value is -2.72. The Morgan fingerprint density at radius 3 is 2.46 bits per heavy atom. The summed E-state index contributed by atoms with van der Waals surface area (Å²) in [6.45, 7) is 5.85. The molecular weight excluding hydrogens is 350 g/mol. The van der Waals surface area contributed by atoms with E-state index < -0.39 is 10.0 Å². The maximum absolute atomic E-state index is 12.2. The van der Waals surface area contributed by atoms with Crippen LogP contribution in [0.5, 0.6) is 0 Å². The molecule has 1 N–H and O–H groups in total. The smallest absolute Gasteiger partial charge is 0.368 e. The summed E-state index contributed by atoms with van der Waals surface area (Å²) in [6, 6.07) is 10.7. The predicted molar refractivity (Wildman–Crippen MR) is 102 cm³/mol. The Labute approximate surface area is 154 Å². The van der Waals surface area contributed by atoms with Gasteiger partial charge in [-0.3, -0.25) is 9.78 Å². The highest BCUT2D eigenvalue weighted by molar-refractivity contribution is 7.93. The second-order valence-corrected chi connectivity index (χ2v) is 7.34. The van der Waals surface area contributed by atoms with Crippen LogP contribution in [0.1, 0.15) is 41.2 Å². The molecule has 0 saturated heterocycles. The van der Waals surface area contributed by atoms with Crippen molar-refractivity contribution in [3.63, 3.8) is 0 Å². The molecule has 0 fully saturated rings. The number of carbonyl (C=O) groups excluding carboxylic acids is 1. The number of anilines is 1. The second kappa shape index (κ2) is 8.59. The molecule has 1 aromatic heterocycles. The number of carbonyl (C=O) groups is 1. The highest BCUT2D eigenvalue weighted by Crippen LogP contribution is 2.19. The lowest BCUT2D eigenvalue weighted by Gasteiger charge is -2.10. The summed E-state index contributed by atoms with van der Waals surface area (Å²) >= 11 is 0. The first kappa shape index (κ1) is 19.6. The van der Waals surface area contributed by atoms with E-state index in [1.165, 1.54) is 12.1 Å². The molecule has 0 bridgehead atoms. The van der Waals surface area contributed by atoms with E-state index in [9.17, 15) is 13.2 Å². The van der Waals surface area contributed by atoms with Crippen molar-refractivity contribution in [1.82, 2.24) is 4.98 Å². The fraction of sp³-hybridized carbons (Fsp3) is 0.316. The molecule has 26 heavy (non-hydrogen) atoms. The van der Waals surface area contributed by atoms with Gasteiger partial charge in [-0.05, 0) is 38.0 Å². The van der Waals surface area contributed by atoms with Crippen molar-refractivity contribution in [2.24, 2.45) is 0 Å². The third kappa shape index (κ3) is 4.67. The number of sulfonamides is 1. The van der Waals surface area contributed by atoms with Crippen molar-refractivity contribution >= 4 is 22.0 Å². The van der Waals surface area contributed by atoms with E-state index in [2.05, 4.69) is 20.6 Å². The molecule has 0 spiro atoms. The van der Waals surface area contributed by atoms with Crippen molar-refractivity contribution in [3.05, 3.63) is 57.1 Å². The van der Waals surface area contributed by atoms with Crippen molar-refractivity contribution < 1.29 is 13.2 Å². The topological polar surface area (TPSA) is 80.5 Å². The zero-order valence-electron chi connectivity index (χ0n) is 15.1. The largest absolute Gasteiger partial charge is 0.510 e. The quantitative estimate of drug-likeness (QED) is 0.620. The molecule has 136 valence electrons. The van der Waals surface area contributed by atoms with Crippen LogP contribution in [0.15, 0.2) is 35.2 Å². The van der Waals surface area contributed by atoms with Gasteiger partial charge >= 0.3 is 16.1 Å². The van der Waals surface area contributed by atoms with Gasteiger partial charge in [0.1, 0.15) is 0 Å². The van der Waals surface area contributed by atoms with Crippen LogP contribution in [0.3, 0.4) is 0 Å². The Balaban J connectivity index is 2.19. The third-order valence-electron chi connectivity index (χ3n) is 3.87.